The van der Waals surface area contributed by atoms with Crippen LogP contribution in [0.2, 0.25) is 5.02 Å². The number of nitrogens with two attached hydrogens (primary N) is 1. The van der Waals surface area contributed by atoms with E-state index in [0.29, 0.717) is 22.4 Å². The summed E-state index contributed by atoms with van der Waals surface area (Å²) in [5, 5.41) is 8.29. The average molecular weight is 282 g/mol. The van der Waals surface area contributed by atoms with Crippen LogP contribution in [0.1, 0.15) is 33.3 Å². The highest BCUT2D eigenvalue weighted by Gasteiger charge is 2.17. The van der Waals surface area contributed by atoms with Crippen LogP contribution in [0.5, 0.6) is 0 Å². The molecule has 0 aromatic heterocycles. The third-order valence-electron chi connectivity index (χ3n) is 2.77. The predicted octanol–water partition coefficient (Wildman–Crippen LogP) is 3.74. The summed E-state index contributed by atoms with van der Waals surface area (Å²) < 4.78 is 0. The van der Waals surface area contributed by atoms with Gasteiger partial charge >= 0.3 is 0 Å². The van der Waals surface area contributed by atoms with Gasteiger partial charge in [-0.25, -0.2) is 0 Å². The zero-order valence-corrected chi connectivity index (χ0v) is 13.0. The lowest BCUT2D eigenvalue weighted by Crippen LogP contribution is -2.33. The highest BCUT2D eigenvalue weighted by atomic mass is 35.5. The molecule has 0 radical (unpaired) electrons. The topological polar surface area (TPSA) is 53.1 Å². The van der Waals surface area contributed by atoms with Gasteiger partial charge in [0.2, 0.25) is 0 Å². The van der Waals surface area contributed by atoms with E-state index in [1.807, 2.05) is 12.1 Å². The Balaban J connectivity index is 3.21. The van der Waals surface area contributed by atoms with Crippen molar-refractivity contribution in [3.8, 4) is 0 Å². The van der Waals surface area contributed by atoms with Crippen LogP contribution in [0.15, 0.2) is 18.2 Å². The largest absolute Gasteiger partial charge is 0.384 e. The van der Waals surface area contributed by atoms with Gasteiger partial charge in [-0.3, -0.25) is 5.41 Å². The van der Waals surface area contributed by atoms with Gasteiger partial charge in [-0.1, -0.05) is 45.4 Å². The van der Waals surface area contributed by atoms with Crippen molar-refractivity contribution in [1.29, 1.82) is 5.41 Å². The molecule has 106 valence electrons. The molecule has 0 atom stereocenters. The minimum Gasteiger partial charge on any atom is -0.384 e. The molecule has 0 bridgehead atoms. The number of nitrogens with one attached hydrogen (secondary N) is 1. The highest BCUT2D eigenvalue weighted by molar-refractivity contribution is 6.34. The first kappa shape index (κ1) is 15.8. The Labute approximate surface area is 121 Å². The minimum atomic E-state index is 0.0260. The second-order valence-electron chi connectivity index (χ2n) is 5.74. The van der Waals surface area contributed by atoms with E-state index in [2.05, 4.69) is 32.6 Å². The molecule has 3 nitrogen and oxygen atoms in total. The fraction of sp³-hybridized carbons (Fsp3) is 0.533. The maximum atomic E-state index is 7.74. The summed E-state index contributed by atoms with van der Waals surface area (Å²) in [4.78, 5) is 2.28. The Bertz CT molecular complexity index is 431. The number of nitrogens with zero attached hydrogens (tertiary/aromatic N) is 1. The van der Waals surface area contributed by atoms with Gasteiger partial charge in [0, 0.05) is 18.8 Å². The Morgan fingerprint density at radius 2 is 1.74 bits per heavy atom. The first-order valence-corrected chi connectivity index (χ1v) is 7.08. The van der Waals surface area contributed by atoms with Gasteiger partial charge in [-0.05, 0) is 24.0 Å². The van der Waals surface area contributed by atoms with Crippen LogP contribution in [0.3, 0.4) is 0 Å². The lowest BCUT2D eigenvalue weighted by molar-refractivity contribution is 0.552. The quantitative estimate of drug-likeness (QED) is 0.616. The van der Waals surface area contributed by atoms with E-state index in [1.54, 1.807) is 6.07 Å². The van der Waals surface area contributed by atoms with Gasteiger partial charge in [0.25, 0.3) is 0 Å². The lowest BCUT2D eigenvalue weighted by atomic mass is 10.1. The molecule has 0 aliphatic rings. The zero-order chi connectivity index (χ0) is 14.6. The third-order valence-corrected chi connectivity index (χ3v) is 3.09. The summed E-state index contributed by atoms with van der Waals surface area (Å²) in [5.41, 5.74) is 7.29. The fourth-order valence-corrected chi connectivity index (χ4v) is 2.47. The number of benzene rings is 1. The van der Waals surface area contributed by atoms with Crippen LogP contribution in [0, 0.1) is 17.2 Å². The van der Waals surface area contributed by atoms with Crippen LogP contribution in [-0.4, -0.2) is 18.9 Å². The van der Waals surface area contributed by atoms with Crippen LogP contribution in [-0.2, 0) is 0 Å². The molecule has 0 fully saturated rings. The highest BCUT2D eigenvalue weighted by Crippen LogP contribution is 2.28. The Morgan fingerprint density at radius 1 is 1.21 bits per heavy atom. The maximum Gasteiger partial charge on any atom is 0.126 e. The maximum absolute atomic E-state index is 7.74. The summed E-state index contributed by atoms with van der Waals surface area (Å²) in [6.45, 7) is 10.6. The number of rotatable bonds is 6. The molecule has 0 amide bonds. The number of hydrogen-bond donors (Lipinski definition) is 2. The van der Waals surface area contributed by atoms with E-state index in [9.17, 15) is 0 Å². The third kappa shape index (κ3) is 4.43. The van der Waals surface area contributed by atoms with Crippen molar-refractivity contribution >= 4 is 23.1 Å². The first-order chi connectivity index (χ1) is 8.82. The number of anilines is 1. The molecule has 0 unspecified atom stereocenters. The van der Waals surface area contributed by atoms with Crippen molar-refractivity contribution in [2.24, 2.45) is 17.6 Å². The second kappa shape index (κ2) is 6.80. The molecular weight excluding hydrogens is 258 g/mol. The molecule has 0 spiro atoms. The monoisotopic (exact) mass is 281 g/mol. The summed E-state index contributed by atoms with van der Waals surface area (Å²) in [6, 6.07) is 5.69. The number of amidine groups is 1. The van der Waals surface area contributed by atoms with Gasteiger partial charge in [0.05, 0.1) is 10.6 Å². The van der Waals surface area contributed by atoms with Gasteiger partial charge in [0.1, 0.15) is 5.84 Å². The van der Waals surface area contributed by atoms with E-state index < -0.39 is 0 Å². The Morgan fingerprint density at radius 3 is 2.16 bits per heavy atom. The molecule has 1 aromatic rings. The first-order valence-electron chi connectivity index (χ1n) is 6.70. The lowest BCUT2D eigenvalue weighted by Gasteiger charge is -2.30. The van der Waals surface area contributed by atoms with Crippen LogP contribution < -0.4 is 10.6 Å². The van der Waals surface area contributed by atoms with E-state index >= 15 is 0 Å². The van der Waals surface area contributed by atoms with E-state index in [1.165, 1.54) is 0 Å². The molecule has 0 heterocycles. The van der Waals surface area contributed by atoms with Crippen LogP contribution in [0.4, 0.5) is 5.69 Å². The van der Waals surface area contributed by atoms with E-state index in [4.69, 9.17) is 22.7 Å². The molecule has 1 rings (SSSR count). The van der Waals surface area contributed by atoms with Crippen molar-refractivity contribution in [1.82, 2.24) is 0 Å². The normalized spacial score (nSPS) is 11.1. The molecular formula is C15H24ClN3. The number of halogens is 1. The van der Waals surface area contributed by atoms with Crippen molar-refractivity contribution in [2.75, 3.05) is 18.0 Å². The van der Waals surface area contributed by atoms with Gasteiger partial charge in [-0.2, -0.15) is 0 Å². The molecule has 0 aliphatic carbocycles. The van der Waals surface area contributed by atoms with Crippen molar-refractivity contribution < 1.29 is 0 Å². The second-order valence-corrected chi connectivity index (χ2v) is 6.15. The fourth-order valence-electron chi connectivity index (χ4n) is 2.20. The molecule has 0 saturated carbocycles. The summed E-state index contributed by atoms with van der Waals surface area (Å²) in [7, 11) is 0. The van der Waals surface area contributed by atoms with Gasteiger partial charge in [-0.15, -0.1) is 0 Å². The molecule has 0 saturated heterocycles. The smallest absolute Gasteiger partial charge is 0.126 e. The number of nitrogen functional groups attached to an aromatic ring is 1. The van der Waals surface area contributed by atoms with Gasteiger partial charge < -0.3 is 10.6 Å². The Kier molecular flexibility index (Phi) is 5.67. The minimum absolute atomic E-state index is 0.0260. The van der Waals surface area contributed by atoms with E-state index in [-0.39, 0.29) is 5.84 Å². The van der Waals surface area contributed by atoms with Crippen molar-refractivity contribution in [3.63, 3.8) is 0 Å². The molecule has 19 heavy (non-hydrogen) atoms. The summed E-state index contributed by atoms with van der Waals surface area (Å²) in [5.74, 6) is 1.10. The van der Waals surface area contributed by atoms with Gasteiger partial charge in [0.15, 0.2) is 0 Å². The molecule has 0 aliphatic heterocycles. The zero-order valence-electron chi connectivity index (χ0n) is 12.2. The predicted molar refractivity (Wildman–Crippen MR) is 84.4 cm³/mol. The Hall–Kier alpha value is -1.22. The average Bonchev–Trinajstić information content (AvgIpc) is 2.25. The summed E-state index contributed by atoms with van der Waals surface area (Å²) in [6.07, 6.45) is 0. The summed E-state index contributed by atoms with van der Waals surface area (Å²) >= 11 is 6.19. The molecule has 1 aromatic carbocycles. The van der Waals surface area contributed by atoms with Crippen LogP contribution >= 0.6 is 11.6 Å². The van der Waals surface area contributed by atoms with Crippen LogP contribution in [0.25, 0.3) is 0 Å². The van der Waals surface area contributed by atoms with E-state index in [0.717, 1.165) is 18.8 Å². The molecule has 3 N–H and O–H groups in total. The number of hydrogen-bond acceptors (Lipinski definition) is 2. The standard InChI is InChI=1S/C15H24ClN3/c1-10(2)8-19(9-11(3)4)13-7-5-6-12(16)14(13)15(17)18/h5-7,10-11H,8-9H2,1-4H3,(H3,17,18). The van der Waals surface area contributed by atoms with Crippen molar-refractivity contribution in [2.45, 2.75) is 27.7 Å². The van der Waals surface area contributed by atoms with Crippen molar-refractivity contribution in [3.05, 3.63) is 28.8 Å². The SMILES string of the molecule is CC(C)CN(CC(C)C)c1cccc(Cl)c1C(=N)N. The molecule has 4 heteroatoms.